The smallest absolute Gasteiger partial charge is 0.233 e. The Bertz CT molecular complexity index is 986. The summed E-state index contributed by atoms with van der Waals surface area (Å²) in [6, 6.07) is 17.5. The lowest BCUT2D eigenvalue weighted by atomic mass is 10.0. The van der Waals surface area contributed by atoms with Gasteiger partial charge in [-0.2, -0.15) is 0 Å². The van der Waals surface area contributed by atoms with E-state index in [0.29, 0.717) is 15.5 Å². The lowest BCUT2D eigenvalue weighted by Crippen LogP contribution is -2.33. The van der Waals surface area contributed by atoms with Gasteiger partial charge in [-0.1, -0.05) is 72.0 Å². The number of hydrogen-bond acceptors (Lipinski definition) is 5. The summed E-state index contributed by atoms with van der Waals surface area (Å²) in [6.07, 6.45) is 0. The molecule has 0 aliphatic carbocycles. The second kappa shape index (κ2) is 9.69. The minimum absolute atomic E-state index is 0.00746. The average molecular weight is 450 g/mol. The van der Waals surface area contributed by atoms with Crippen LogP contribution in [0, 0.1) is 3.95 Å². The number of thioether (sulfide) groups is 1. The number of halogens is 1. The van der Waals surface area contributed by atoms with Crippen LogP contribution in [0.15, 0.2) is 58.9 Å². The zero-order valence-corrected chi connectivity index (χ0v) is 18.7. The van der Waals surface area contributed by atoms with Gasteiger partial charge < -0.3 is 5.32 Å². The van der Waals surface area contributed by atoms with Crippen LogP contribution < -0.4 is 5.32 Å². The highest BCUT2D eigenvalue weighted by Gasteiger charge is 2.18. The van der Waals surface area contributed by atoms with E-state index in [1.165, 1.54) is 28.7 Å². The van der Waals surface area contributed by atoms with Crippen LogP contribution in [0.2, 0.25) is 5.02 Å². The first kappa shape index (κ1) is 21.0. The van der Waals surface area contributed by atoms with Crippen molar-refractivity contribution in [1.29, 1.82) is 0 Å². The molecule has 1 N–H and O–H groups in total. The number of aromatic nitrogens is 2. The molecular formula is C20H20ClN3OS3. The zero-order valence-electron chi connectivity index (χ0n) is 15.5. The van der Waals surface area contributed by atoms with E-state index in [-0.39, 0.29) is 17.1 Å². The van der Waals surface area contributed by atoms with Crippen molar-refractivity contribution in [2.45, 2.75) is 29.4 Å². The first-order valence-corrected chi connectivity index (χ1v) is 11.3. The van der Waals surface area contributed by atoms with E-state index in [1.54, 1.807) is 16.8 Å². The third kappa shape index (κ3) is 5.44. The van der Waals surface area contributed by atoms with E-state index in [9.17, 15) is 4.79 Å². The van der Waals surface area contributed by atoms with E-state index in [2.05, 4.69) is 29.5 Å². The summed E-state index contributed by atoms with van der Waals surface area (Å²) < 4.78 is 3.09. The van der Waals surface area contributed by atoms with Crippen molar-refractivity contribution >= 4 is 52.8 Å². The van der Waals surface area contributed by atoms with Crippen molar-refractivity contribution in [3.63, 3.8) is 0 Å². The summed E-state index contributed by atoms with van der Waals surface area (Å²) in [4.78, 5) is 12.5. The number of amides is 1. The highest BCUT2D eigenvalue weighted by atomic mass is 35.5. The van der Waals surface area contributed by atoms with Gasteiger partial charge in [0.1, 0.15) is 0 Å². The van der Waals surface area contributed by atoms with E-state index in [1.807, 2.05) is 37.3 Å². The van der Waals surface area contributed by atoms with Crippen LogP contribution in [0.4, 0.5) is 0 Å². The molecule has 0 spiro atoms. The maximum Gasteiger partial charge on any atom is 0.233 e. The molecular weight excluding hydrogens is 430 g/mol. The third-order valence-corrected chi connectivity index (χ3v) is 6.87. The maximum atomic E-state index is 12.5. The van der Waals surface area contributed by atoms with Crippen LogP contribution in [0.25, 0.3) is 5.69 Å². The Balaban J connectivity index is 1.59. The first-order valence-electron chi connectivity index (χ1n) is 8.79. The van der Waals surface area contributed by atoms with Crippen molar-refractivity contribution in [3.05, 3.63) is 69.1 Å². The Hall–Kier alpha value is -1.67. The van der Waals surface area contributed by atoms with E-state index in [0.717, 1.165) is 10.0 Å². The van der Waals surface area contributed by atoms with Crippen LogP contribution in [0.1, 0.15) is 25.3 Å². The fourth-order valence-electron chi connectivity index (χ4n) is 2.56. The normalized spacial score (nSPS) is 13.1. The van der Waals surface area contributed by atoms with Crippen LogP contribution in [-0.2, 0) is 4.79 Å². The molecule has 3 rings (SSSR count). The van der Waals surface area contributed by atoms with E-state index in [4.69, 9.17) is 23.8 Å². The van der Waals surface area contributed by atoms with Crippen LogP contribution in [0.3, 0.4) is 0 Å². The highest BCUT2D eigenvalue weighted by Crippen LogP contribution is 2.28. The summed E-state index contributed by atoms with van der Waals surface area (Å²) in [5.74, 6) is 0.250. The predicted octanol–water partition coefficient (Wildman–Crippen LogP) is 5.72. The fraction of sp³-hybridized carbons (Fsp3) is 0.250. The largest absolute Gasteiger partial charge is 0.355 e. The number of carbonyl (C=O) groups is 1. The number of nitrogens with one attached hydrogen (secondary N) is 1. The Morgan fingerprint density at radius 3 is 2.57 bits per heavy atom. The molecule has 1 amide bonds. The number of carbonyl (C=O) groups excluding carboxylic acids is 1. The molecule has 0 saturated carbocycles. The molecule has 0 fully saturated rings. The van der Waals surface area contributed by atoms with Gasteiger partial charge in [-0.15, -0.1) is 5.10 Å². The van der Waals surface area contributed by atoms with Crippen molar-refractivity contribution < 1.29 is 4.79 Å². The van der Waals surface area contributed by atoms with Crippen molar-refractivity contribution in [1.82, 2.24) is 15.1 Å². The van der Waals surface area contributed by atoms with Crippen LogP contribution >= 0.6 is 46.9 Å². The van der Waals surface area contributed by atoms with Gasteiger partial charge in [-0.25, -0.2) is 4.68 Å². The molecule has 0 saturated heterocycles. The van der Waals surface area contributed by atoms with Crippen molar-refractivity contribution in [2.75, 3.05) is 6.54 Å². The van der Waals surface area contributed by atoms with Gasteiger partial charge in [0.15, 0.2) is 8.29 Å². The molecule has 0 bridgehead atoms. The van der Waals surface area contributed by atoms with Gasteiger partial charge in [0.05, 0.1) is 10.9 Å². The quantitative estimate of drug-likeness (QED) is 0.370. The van der Waals surface area contributed by atoms with Gasteiger partial charge in [-0.05, 0) is 54.9 Å². The Kier molecular flexibility index (Phi) is 7.29. The first-order chi connectivity index (χ1) is 13.4. The maximum absolute atomic E-state index is 12.5. The molecule has 0 aliphatic rings. The average Bonchev–Trinajstić information content (AvgIpc) is 3.07. The second-order valence-corrected chi connectivity index (χ2v) is 9.99. The molecule has 1 aromatic heterocycles. The standard InChI is InChI=1S/C20H20ClN3OS3/c1-13(15-6-4-3-5-7-15)12-22-18(25)14(2)27-19-23-24(20(26)28-19)17-10-8-16(21)9-11-17/h3-11,13-14H,12H2,1-2H3,(H,22,25). The predicted molar refractivity (Wildman–Crippen MR) is 120 cm³/mol. The van der Waals surface area contributed by atoms with Crippen molar-refractivity contribution in [3.8, 4) is 5.69 Å². The molecule has 146 valence electrons. The topological polar surface area (TPSA) is 46.9 Å². The number of benzene rings is 2. The van der Waals surface area contributed by atoms with Gasteiger partial charge in [-0.3, -0.25) is 4.79 Å². The minimum Gasteiger partial charge on any atom is -0.355 e. The molecule has 0 aliphatic heterocycles. The molecule has 2 aromatic carbocycles. The van der Waals surface area contributed by atoms with Crippen LogP contribution in [-0.4, -0.2) is 27.5 Å². The number of nitrogens with zero attached hydrogens (tertiary/aromatic N) is 2. The minimum atomic E-state index is -0.262. The van der Waals surface area contributed by atoms with Crippen molar-refractivity contribution in [2.24, 2.45) is 0 Å². The second-order valence-electron chi connectivity index (χ2n) is 6.34. The lowest BCUT2D eigenvalue weighted by Gasteiger charge is -2.15. The van der Waals surface area contributed by atoms with E-state index >= 15 is 0 Å². The summed E-state index contributed by atoms with van der Waals surface area (Å²) in [5, 5.41) is 7.98. The Morgan fingerprint density at radius 2 is 1.89 bits per heavy atom. The monoisotopic (exact) mass is 449 g/mol. The van der Waals surface area contributed by atoms with Crippen LogP contribution in [0.5, 0.6) is 0 Å². The molecule has 0 radical (unpaired) electrons. The Labute approximate surface area is 182 Å². The lowest BCUT2D eigenvalue weighted by molar-refractivity contribution is -0.120. The van der Waals surface area contributed by atoms with Gasteiger partial charge in [0.2, 0.25) is 5.91 Å². The molecule has 2 unspecified atom stereocenters. The number of hydrogen-bond donors (Lipinski definition) is 1. The zero-order chi connectivity index (χ0) is 20.1. The van der Waals surface area contributed by atoms with Gasteiger partial charge in [0, 0.05) is 11.6 Å². The fourth-order valence-corrected chi connectivity index (χ4v) is 5.21. The molecule has 4 nitrogen and oxygen atoms in total. The third-order valence-electron chi connectivity index (χ3n) is 4.20. The highest BCUT2D eigenvalue weighted by molar-refractivity contribution is 8.02. The van der Waals surface area contributed by atoms with Gasteiger partial charge >= 0.3 is 0 Å². The molecule has 8 heteroatoms. The summed E-state index contributed by atoms with van der Waals surface area (Å²) in [6.45, 7) is 4.58. The molecule has 1 heterocycles. The molecule has 2 atom stereocenters. The Morgan fingerprint density at radius 1 is 1.21 bits per heavy atom. The summed E-state index contributed by atoms with van der Waals surface area (Å²) in [7, 11) is 0. The van der Waals surface area contributed by atoms with Gasteiger partial charge in [0.25, 0.3) is 0 Å². The van der Waals surface area contributed by atoms with E-state index < -0.39 is 0 Å². The summed E-state index contributed by atoms with van der Waals surface area (Å²) >= 11 is 14.2. The summed E-state index contributed by atoms with van der Waals surface area (Å²) in [5.41, 5.74) is 2.06. The molecule has 3 aromatic rings. The SMILES string of the molecule is CC(Sc1nn(-c2ccc(Cl)cc2)c(=S)s1)C(=O)NCC(C)c1ccccc1. The molecule has 28 heavy (non-hydrogen) atoms. The number of rotatable bonds is 7.